The van der Waals surface area contributed by atoms with Crippen molar-refractivity contribution in [1.82, 2.24) is 24.4 Å². The number of hydrogen-bond acceptors (Lipinski definition) is 9. The Morgan fingerprint density at radius 3 is 2.31 bits per heavy atom. The van der Waals surface area contributed by atoms with Crippen LogP contribution in [0.2, 0.25) is 0 Å². The van der Waals surface area contributed by atoms with Gasteiger partial charge in [-0.15, -0.1) is 24.8 Å². The molecule has 0 unspecified atom stereocenters. The molecule has 39 heavy (non-hydrogen) atoms. The van der Waals surface area contributed by atoms with Crippen LogP contribution in [0.3, 0.4) is 0 Å². The van der Waals surface area contributed by atoms with Crippen LogP contribution >= 0.6 is 24.8 Å². The molecule has 2 aliphatic carbocycles. The van der Waals surface area contributed by atoms with Crippen molar-refractivity contribution in [3.05, 3.63) is 6.33 Å². The van der Waals surface area contributed by atoms with Crippen LogP contribution in [-0.4, -0.2) is 74.1 Å². The Balaban J connectivity index is 0.00000210. The molecular weight excluding hydrogens is 543 g/mol. The molecule has 3 heterocycles. The van der Waals surface area contributed by atoms with Crippen LogP contribution in [0.15, 0.2) is 6.33 Å². The number of amides is 1. The first-order chi connectivity index (χ1) is 18.0. The number of nitrogens with one attached hydrogen (secondary N) is 2. The summed E-state index contributed by atoms with van der Waals surface area (Å²) in [6.45, 7) is 3.21. The number of nitrogens with zero attached hydrogens (tertiary/aromatic N) is 5. The number of anilines is 2. The zero-order valence-corrected chi connectivity index (χ0v) is 24.3. The standard InChI is InChI=1S/C26H40N8O3.2ClH/c1-2-37-22(36)15-21(35)33-13-11-19(12-14-33)29-24-23-25(34(16-28-23)20-5-3-4-6-20)32-26(31-24)30-18-9-7-17(27)8-10-18;;/h16-20H,2-15,27H2,1H3,(H2,29,30,31,32);2*1H. The molecule has 13 heteroatoms. The molecule has 0 aromatic carbocycles. The van der Waals surface area contributed by atoms with E-state index < -0.39 is 5.97 Å². The summed E-state index contributed by atoms with van der Waals surface area (Å²) in [5.41, 5.74) is 7.78. The van der Waals surface area contributed by atoms with E-state index in [4.69, 9.17) is 25.4 Å². The number of hydrogen-bond donors (Lipinski definition) is 3. The number of rotatable bonds is 8. The average Bonchev–Trinajstić information content (AvgIpc) is 3.56. The summed E-state index contributed by atoms with van der Waals surface area (Å²) in [7, 11) is 0. The molecule has 11 nitrogen and oxygen atoms in total. The number of nitrogens with two attached hydrogens (primary N) is 1. The van der Waals surface area contributed by atoms with Gasteiger partial charge in [0.05, 0.1) is 12.9 Å². The lowest BCUT2D eigenvalue weighted by Gasteiger charge is -2.32. The fraction of sp³-hybridized carbons (Fsp3) is 0.731. The maximum atomic E-state index is 12.5. The quantitative estimate of drug-likeness (QED) is 0.312. The van der Waals surface area contributed by atoms with Crippen LogP contribution in [0.25, 0.3) is 11.2 Å². The summed E-state index contributed by atoms with van der Waals surface area (Å²) in [6.07, 6.45) is 12.1. The average molecular weight is 586 g/mol. The molecule has 3 aliphatic rings. The highest BCUT2D eigenvalue weighted by atomic mass is 35.5. The molecule has 1 amide bonds. The van der Waals surface area contributed by atoms with Crippen LogP contribution in [-0.2, 0) is 14.3 Å². The summed E-state index contributed by atoms with van der Waals surface area (Å²) < 4.78 is 7.15. The van der Waals surface area contributed by atoms with Crippen molar-refractivity contribution < 1.29 is 14.3 Å². The number of likely N-dealkylation sites (tertiary alicyclic amines) is 1. The topological polar surface area (TPSA) is 140 Å². The number of aromatic nitrogens is 4. The maximum absolute atomic E-state index is 12.5. The Bertz CT molecular complexity index is 1090. The maximum Gasteiger partial charge on any atom is 0.315 e. The van der Waals surface area contributed by atoms with E-state index in [-0.39, 0.29) is 55.8 Å². The van der Waals surface area contributed by atoms with Gasteiger partial charge in [-0.25, -0.2) is 4.98 Å². The van der Waals surface area contributed by atoms with Crippen molar-refractivity contribution in [2.45, 2.75) is 102 Å². The van der Waals surface area contributed by atoms with Crippen molar-refractivity contribution in [3.63, 3.8) is 0 Å². The highest BCUT2D eigenvalue weighted by Gasteiger charge is 2.27. The Kier molecular flexibility index (Phi) is 11.4. The van der Waals surface area contributed by atoms with Gasteiger partial charge in [0.15, 0.2) is 17.0 Å². The lowest BCUT2D eigenvalue weighted by Crippen LogP contribution is -2.43. The lowest BCUT2D eigenvalue weighted by molar-refractivity contribution is -0.148. The predicted molar refractivity (Wildman–Crippen MR) is 156 cm³/mol. The number of piperidine rings is 1. The first-order valence-electron chi connectivity index (χ1n) is 14.0. The third kappa shape index (κ3) is 7.64. The van der Waals surface area contributed by atoms with Crippen molar-refractivity contribution in [2.24, 2.45) is 5.73 Å². The van der Waals surface area contributed by atoms with Crippen molar-refractivity contribution in [1.29, 1.82) is 0 Å². The van der Waals surface area contributed by atoms with E-state index in [1.807, 2.05) is 6.33 Å². The summed E-state index contributed by atoms with van der Waals surface area (Å²) in [4.78, 5) is 40.5. The van der Waals surface area contributed by atoms with Gasteiger partial charge < -0.3 is 30.6 Å². The Labute approximate surface area is 242 Å². The van der Waals surface area contributed by atoms with E-state index in [2.05, 4.69) is 15.2 Å². The smallest absolute Gasteiger partial charge is 0.315 e. The molecule has 1 saturated heterocycles. The summed E-state index contributed by atoms with van der Waals surface area (Å²) in [5, 5.41) is 7.19. The first kappa shape index (κ1) is 31.2. The predicted octanol–water partition coefficient (Wildman–Crippen LogP) is 3.82. The molecule has 0 atom stereocenters. The van der Waals surface area contributed by atoms with Crippen LogP contribution in [0.4, 0.5) is 11.8 Å². The number of carbonyl (C=O) groups is 2. The zero-order valence-electron chi connectivity index (χ0n) is 22.6. The van der Waals surface area contributed by atoms with Crippen molar-refractivity contribution >= 4 is 59.6 Å². The van der Waals surface area contributed by atoms with Gasteiger partial charge in [0.2, 0.25) is 11.9 Å². The van der Waals surface area contributed by atoms with Crippen molar-refractivity contribution in [3.8, 4) is 0 Å². The highest BCUT2D eigenvalue weighted by Crippen LogP contribution is 2.34. The van der Waals surface area contributed by atoms with Gasteiger partial charge in [-0.2, -0.15) is 9.97 Å². The number of ether oxygens (including phenoxy) is 1. The SMILES string of the molecule is CCOC(=O)CC(=O)N1CCC(Nc2nc(NC3CCC(N)CC3)nc3c2ncn3C2CCCC2)CC1.Cl.Cl. The van der Waals surface area contributed by atoms with Gasteiger partial charge in [-0.3, -0.25) is 9.59 Å². The molecule has 2 aromatic heterocycles. The minimum atomic E-state index is -0.464. The van der Waals surface area contributed by atoms with Gasteiger partial charge in [0.25, 0.3) is 0 Å². The Morgan fingerprint density at radius 2 is 1.64 bits per heavy atom. The molecule has 2 aromatic rings. The minimum absolute atomic E-state index is 0. The minimum Gasteiger partial charge on any atom is -0.466 e. The van der Waals surface area contributed by atoms with Gasteiger partial charge in [0, 0.05) is 37.3 Å². The van der Waals surface area contributed by atoms with E-state index >= 15 is 0 Å². The van der Waals surface area contributed by atoms with E-state index in [9.17, 15) is 9.59 Å². The van der Waals surface area contributed by atoms with E-state index in [1.54, 1.807) is 11.8 Å². The number of esters is 1. The molecule has 0 spiro atoms. The summed E-state index contributed by atoms with van der Waals surface area (Å²) >= 11 is 0. The lowest BCUT2D eigenvalue weighted by atomic mass is 9.92. The fourth-order valence-electron chi connectivity index (χ4n) is 5.89. The second kappa shape index (κ2) is 14.3. The molecular formula is C26H42Cl2N8O3. The van der Waals surface area contributed by atoms with Gasteiger partial charge >= 0.3 is 5.97 Å². The van der Waals surface area contributed by atoms with Crippen LogP contribution < -0.4 is 16.4 Å². The van der Waals surface area contributed by atoms with Crippen molar-refractivity contribution in [2.75, 3.05) is 30.3 Å². The summed E-state index contributed by atoms with van der Waals surface area (Å²) in [5.74, 6) is 0.745. The molecule has 3 fully saturated rings. The monoisotopic (exact) mass is 584 g/mol. The van der Waals surface area contributed by atoms with E-state index in [0.717, 1.165) is 68.3 Å². The van der Waals surface area contributed by atoms with Crippen LogP contribution in [0.5, 0.6) is 0 Å². The number of imidazole rings is 1. The van der Waals surface area contributed by atoms with Gasteiger partial charge in [-0.05, 0) is 58.3 Å². The molecule has 4 N–H and O–H groups in total. The largest absolute Gasteiger partial charge is 0.466 e. The highest BCUT2D eigenvalue weighted by molar-refractivity contribution is 5.94. The summed E-state index contributed by atoms with van der Waals surface area (Å²) in [6, 6.07) is 1.20. The Morgan fingerprint density at radius 1 is 0.974 bits per heavy atom. The van der Waals surface area contributed by atoms with E-state index in [1.165, 1.54) is 12.8 Å². The molecule has 2 saturated carbocycles. The van der Waals surface area contributed by atoms with E-state index in [0.29, 0.717) is 31.1 Å². The molecule has 5 rings (SSSR count). The molecule has 0 radical (unpaired) electrons. The number of halogens is 2. The number of fused-ring (bicyclic) bond motifs is 1. The fourth-order valence-corrected chi connectivity index (χ4v) is 5.89. The number of carbonyl (C=O) groups excluding carboxylic acids is 2. The van der Waals surface area contributed by atoms with Gasteiger partial charge in [-0.1, -0.05) is 12.8 Å². The second-order valence-electron chi connectivity index (χ2n) is 10.7. The van der Waals surface area contributed by atoms with Crippen LogP contribution in [0, 0.1) is 0 Å². The third-order valence-electron chi connectivity index (χ3n) is 8.03. The first-order valence-corrected chi connectivity index (χ1v) is 14.0. The van der Waals surface area contributed by atoms with Gasteiger partial charge in [0.1, 0.15) is 6.42 Å². The molecule has 0 bridgehead atoms. The zero-order chi connectivity index (χ0) is 25.8. The normalized spacial score (nSPS) is 22.2. The molecule has 1 aliphatic heterocycles. The Hall–Kier alpha value is -2.37. The molecule has 218 valence electrons. The third-order valence-corrected chi connectivity index (χ3v) is 8.03. The second-order valence-corrected chi connectivity index (χ2v) is 10.7. The van der Waals surface area contributed by atoms with Crippen LogP contribution in [0.1, 0.15) is 83.6 Å².